The number of ether oxygens (including phenoxy) is 1. The molecule has 128 valence electrons. The van der Waals surface area contributed by atoms with Crippen molar-refractivity contribution >= 4 is 11.4 Å². The van der Waals surface area contributed by atoms with Gasteiger partial charge in [-0.2, -0.15) is 5.10 Å². The van der Waals surface area contributed by atoms with Crippen molar-refractivity contribution in [1.29, 1.82) is 0 Å². The summed E-state index contributed by atoms with van der Waals surface area (Å²) in [6.45, 7) is 0. The summed E-state index contributed by atoms with van der Waals surface area (Å²) in [5.41, 5.74) is 1.25. The highest BCUT2D eigenvalue weighted by Crippen LogP contribution is 2.27. The lowest BCUT2D eigenvalue weighted by Gasteiger charge is -2.35. The molecule has 0 bridgehead atoms. The highest BCUT2D eigenvalue weighted by Gasteiger charge is 2.32. The fourth-order valence-electron chi connectivity index (χ4n) is 2.94. The smallest absolute Gasteiger partial charge is 0.255 e. The molecule has 0 spiro atoms. The van der Waals surface area contributed by atoms with Crippen LogP contribution in [-0.4, -0.2) is 27.7 Å². The van der Waals surface area contributed by atoms with Gasteiger partial charge in [0, 0.05) is 43.3 Å². The third kappa shape index (κ3) is 3.17. The minimum absolute atomic E-state index is 0.0328. The Morgan fingerprint density at radius 3 is 2.72 bits per heavy atom. The second kappa shape index (κ2) is 6.16. The maximum atomic E-state index is 13.1. The molecule has 2 heterocycles. The van der Waals surface area contributed by atoms with E-state index in [1.807, 2.05) is 18.2 Å². The van der Waals surface area contributed by atoms with Crippen LogP contribution >= 0.6 is 0 Å². The van der Waals surface area contributed by atoms with Crippen LogP contribution in [0.4, 0.5) is 8.78 Å². The second-order valence-corrected chi connectivity index (χ2v) is 6.08. The molecular formula is C18H15F2N3O2. The van der Waals surface area contributed by atoms with Gasteiger partial charge in [-0.25, -0.2) is 13.3 Å². The zero-order valence-corrected chi connectivity index (χ0v) is 13.2. The molecule has 5 nitrogen and oxygen atoms in total. The minimum Gasteiger partial charge on any atom is -0.490 e. The number of aromatic nitrogens is 2. The van der Waals surface area contributed by atoms with Gasteiger partial charge in [-0.15, -0.1) is 0 Å². The molecule has 1 amide bonds. The monoisotopic (exact) mass is 343 g/mol. The Balaban J connectivity index is 1.34. The molecule has 3 aromatic rings. The SMILES string of the molecule is O=C(N[C@H]1C[C@H](Oc2cc(F)cc(F)c2)C1)c1cnn2ccccc12. The van der Waals surface area contributed by atoms with E-state index in [2.05, 4.69) is 10.4 Å². The van der Waals surface area contributed by atoms with Crippen molar-refractivity contribution in [3.8, 4) is 5.75 Å². The maximum absolute atomic E-state index is 13.1. The molecule has 1 aliphatic carbocycles. The number of hydrogen-bond acceptors (Lipinski definition) is 3. The molecule has 1 aliphatic rings. The van der Waals surface area contributed by atoms with Crippen molar-refractivity contribution in [3.05, 3.63) is 66.0 Å². The van der Waals surface area contributed by atoms with E-state index in [9.17, 15) is 13.6 Å². The first-order valence-electron chi connectivity index (χ1n) is 7.94. The zero-order chi connectivity index (χ0) is 17.4. The van der Waals surface area contributed by atoms with Crippen molar-refractivity contribution in [3.63, 3.8) is 0 Å². The molecule has 0 radical (unpaired) electrons. The standard InChI is InChI=1S/C18H15F2N3O2/c19-11-5-12(20)7-14(6-11)25-15-8-13(9-15)22-18(24)16-10-21-23-4-2-1-3-17(16)23/h1-7,10,13,15H,8-9H2,(H,22,24)/t13-,15-. The van der Waals surface area contributed by atoms with Crippen LogP contribution in [0.5, 0.6) is 5.75 Å². The Kier molecular flexibility index (Phi) is 3.83. The number of carbonyl (C=O) groups excluding carboxylic acids is 1. The zero-order valence-electron chi connectivity index (χ0n) is 13.2. The summed E-state index contributed by atoms with van der Waals surface area (Å²) >= 11 is 0. The van der Waals surface area contributed by atoms with Crippen LogP contribution < -0.4 is 10.1 Å². The summed E-state index contributed by atoms with van der Waals surface area (Å²) in [4.78, 5) is 12.4. The molecule has 0 atom stereocenters. The fourth-order valence-corrected chi connectivity index (χ4v) is 2.94. The molecule has 4 rings (SSSR count). The average Bonchev–Trinajstić information content (AvgIpc) is 2.96. The van der Waals surface area contributed by atoms with Crippen LogP contribution in [0.1, 0.15) is 23.2 Å². The molecule has 7 heteroatoms. The van der Waals surface area contributed by atoms with Gasteiger partial charge in [0.15, 0.2) is 0 Å². The highest BCUT2D eigenvalue weighted by atomic mass is 19.1. The first kappa shape index (κ1) is 15.6. The average molecular weight is 343 g/mol. The molecule has 1 saturated carbocycles. The summed E-state index contributed by atoms with van der Waals surface area (Å²) in [7, 11) is 0. The third-order valence-corrected chi connectivity index (χ3v) is 4.24. The third-order valence-electron chi connectivity index (χ3n) is 4.24. The molecule has 0 saturated heterocycles. The molecule has 1 aromatic carbocycles. The Labute approximate surface area is 142 Å². The number of hydrogen-bond donors (Lipinski definition) is 1. The quantitative estimate of drug-likeness (QED) is 0.792. The number of rotatable bonds is 4. The van der Waals surface area contributed by atoms with Crippen molar-refractivity contribution in [2.24, 2.45) is 0 Å². The lowest BCUT2D eigenvalue weighted by Crippen LogP contribution is -2.49. The predicted octanol–water partition coefficient (Wildman–Crippen LogP) is 2.95. The van der Waals surface area contributed by atoms with E-state index in [4.69, 9.17) is 4.74 Å². The van der Waals surface area contributed by atoms with Gasteiger partial charge in [-0.3, -0.25) is 4.79 Å². The highest BCUT2D eigenvalue weighted by molar-refractivity contribution is 6.00. The Bertz CT molecular complexity index is 915. The van der Waals surface area contributed by atoms with Gasteiger partial charge in [0.1, 0.15) is 23.5 Å². The van der Waals surface area contributed by atoms with E-state index in [-0.39, 0.29) is 23.8 Å². The first-order chi connectivity index (χ1) is 12.1. The van der Waals surface area contributed by atoms with Gasteiger partial charge < -0.3 is 10.1 Å². The van der Waals surface area contributed by atoms with Crippen LogP contribution in [0, 0.1) is 11.6 Å². The van der Waals surface area contributed by atoms with E-state index in [1.54, 1.807) is 10.7 Å². The molecule has 2 aromatic heterocycles. The van der Waals surface area contributed by atoms with E-state index in [1.165, 1.54) is 6.20 Å². The van der Waals surface area contributed by atoms with Gasteiger partial charge in [0.2, 0.25) is 0 Å². The first-order valence-corrected chi connectivity index (χ1v) is 7.94. The summed E-state index contributed by atoms with van der Waals surface area (Å²) in [6, 6.07) is 8.57. The number of carbonyl (C=O) groups is 1. The minimum atomic E-state index is -0.674. The molecule has 0 aliphatic heterocycles. The number of fused-ring (bicyclic) bond motifs is 1. The molecule has 25 heavy (non-hydrogen) atoms. The topological polar surface area (TPSA) is 55.6 Å². The van der Waals surface area contributed by atoms with Crippen LogP contribution in [-0.2, 0) is 0 Å². The van der Waals surface area contributed by atoms with E-state index < -0.39 is 11.6 Å². The van der Waals surface area contributed by atoms with Gasteiger partial charge in [-0.1, -0.05) is 6.07 Å². The van der Waals surface area contributed by atoms with Gasteiger partial charge >= 0.3 is 0 Å². The maximum Gasteiger partial charge on any atom is 0.255 e. The second-order valence-electron chi connectivity index (χ2n) is 6.08. The number of benzene rings is 1. The predicted molar refractivity (Wildman–Crippen MR) is 86.5 cm³/mol. The van der Waals surface area contributed by atoms with Crippen LogP contribution in [0.15, 0.2) is 48.8 Å². The molecule has 1 N–H and O–H groups in total. The normalized spacial score (nSPS) is 19.4. The Morgan fingerprint density at radius 2 is 1.96 bits per heavy atom. The lowest BCUT2D eigenvalue weighted by molar-refractivity contribution is 0.0699. The number of amides is 1. The van der Waals surface area contributed by atoms with Crippen molar-refractivity contribution in [1.82, 2.24) is 14.9 Å². The Hall–Kier alpha value is -2.96. The number of nitrogens with zero attached hydrogens (tertiary/aromatic N) is 2. The summed E-state index contributed by atoms with van der Waals surface area (Å²) in [5, 5.41) is 7.07. The number of nitrogens with one attached hydrogen (secondary N) is 1. The fraction of sp³-hybridized carbons (Fsp3) is 0.222. The van der Waals surface area contributed by atoms with Gasteiger partial charge in [-0.05, 0) is 12.1 Å². The van der Waals surface area contributed by atoms with Crippen LogP contribution in [0.3, 0.4) is 0 Å². The molecule has 1 fully saturated rings. The van der Waals surface area contributed by atoms with Gasteiger partial charge in [0.05, 0.1) is 17.3 Å². The van der Waals surface area contributed by atoms with Gasteiger partial charge in [0.25, 0.3) is 5.91 Å². The van der Waals surface area contributed by atoms with Crippen molar-refractivity contribution in [2.75, 3.05) is 0 Å². The lowest BCUT2D eigenvalue weighted by atomic mass is 9.89. The van der Waals surface area contributed by atoms with Crippen LogP contribution in [0.25, 0.3) is 5.52 Å². The summed E-state index contributed by atoms with van der Waals surface area (Å²) in [5.74, 6) is -1.38. The van der Waals surface area contributed by atoms with Crippen molar-refractivity contribution in [2.45, 2.75) is 25.0 Å². The molecule has 0 unspecified atom stereocenters. The molecular weight excluding hydrogens is 328 g/mol. The van der Waals surface area contributed by atoms with E-state index >= 15 is 0 Å². The number of halogens is 2. The van der Waals surface area contributed by atoms with E-state index in [0.717, 1.165) is 23.7 Å². The van der Waals surface area contributed by atoms with Crippen molar-refractivity contribution < 1.29 is 18.3 Å². The number of pyridine rings is 1. The summed E-state index contributed by atoms with van der Waals surface area (Å²) < 4.78 is 33.5. The summed E-state index contributed by atoms with van der Waals surface area (Å²) in [6.07, 6.45) is 4.31. The largest absolute Gasteiger partial charge is 0.490 e. The van der Waals surface area contributed by atoms with E-state index in [0.29, 0.717) is 18.4 Å². The Morgan fingerprint density at radius 1 is 1.20 bits per heavy atom. The van der Waals surface area contributed by atoms with Crippen LogP contribution in [0.2, 0.25) is 0 Å².